The quantitative estimate of drug-likeness (QED) is 0.608. The lowest BCUT2D eigenvalue weighted by Crippen LogP contribution is -2.26. The van der Waals surface area contributed by atoms with Crippen LogP contribution < -0.4 is 0 Å². The molecule has 20 heavy (non-hydrogen) atoms. The van der Waals surface area contributed by atoms with Gasteiger partial charge < -0.3 is 0 Å². The lowest BCUT2D eigenvalue weighted by Gasteiger charge is -2.33. The Hall–Kier alpha value is -0.820. The number of hydrogen-bond acceptors (Lipinski definition) is 0. The molecule has 1 aliphatic rings. The van der Waals surface area contributed by atoms with Crippen molar-refractivity contribution in [3.8, 4) is 0 Å². The van der Waals surface area contributed by atoms with Crippen LogP contribution in [0.3, 0.4) is 0 Å². The third-order valence-electron chi connectivity index (χ3n) is 4.94. The fourth-order valence-electron chi connectivity index (χ4n) is 3.66. The van der Waals surface area contributed by atoms with Crippen molar-refractivity contribution in [2.24, 2.45) is 11.8 Å². The zero-order chi connectivity index (χ0) is 13.9. The molecule has 2 aromatic rings. The summed E-state index contributed by atoms with van der Waals surface area (Å²) in [6, 6.07) is 15.5. The molecule has 0 spiro atoms. The lowest BCUT2D eigenvalue weighted by atomic mass is 9.77. The third-order valence-corrected chi connectivity index (χ3v) is 6.14. The molecule has 0 nitrogen and oxygen atoms in total. The molecular formula is C19H23Br. The van der Waals surface area contributed by atoms with Gasteiger partial charge in [0, 0.05) is 4.83 Å². The molecule has 0 radical (unpaired) electrons. The van der Waals surface area contributed by atoms with Crippen molar-refractivity contribution in [2.45, 2.75) is 43.9 Å². The van der Waals surface area contributed by atoms with Crippen LogP contribution in [-0.4, -0.2) is 4.83 Å². The van der Waals surface area contributed by atoms with Gasteiger partial charge in [-0.3, -0.25) is 0 Å². The van der Waals surface area contributed by atoms with E-state index in [0.717, 1.165) is 11.8 Å². The van der Waals surface area contributed by atoms with Crippen LogP contribution in [0, 0.1) is 11.8 Å². The van der Waals surface area contributed by atoms with E-state index in [0.29, 0.717) is 4.83 Å². The number of fused-ring (bicyclic) bond motifs is 1. The monoisotopic (exact) mass is 330 g/mol. The summed E-state index contributed by atoms with van der Waals surface area (Å²) in [5.41, 5.74) is 1.52. The van der Waals surface area contributed by atoms with E-state index in [2.05, 4.69) is 65.3 Å². The Balaban J connectivity index is 1.85. The van der Waals surface area contributed by atoms with Crippen LogP contribution in [0.5, 0.6) is 0 Å². The molecule has 1 saturated carbocycles. The maximum absolute atomic E-state index is 3.93. The minimum Gasteiger partial charge on any atom is -0.0888 e. The van der Waals surface area contributed by atoms with Crippen LogP contribution in [0.2, 0.25) is 0 Å². The highest BCUT2D eigenvalue weighted by atomic mass is 79.9. The molecule has 0 saturated heterocycles. The highest BCUT2D eigenvalue weighted by Gasteiger charge is 2.28. The summed E-state index contributed by atoms with van der Waals surface area (Å²) in [7, 11) is 0. The molecule has 1 aliphatic carbocycles. The maximum Gasteiger partial charge on any atom is 0.0177 e. The van der Waals surface area contributed by atoms with Crippen LogP contribution in [0.25, 0.3) is 10.8 Å². The average molecular weight is 331 g/mol. The molecular weight excluding hydrogens is 308 g/mol. The van der Waals surface area contributed by atoms with E-state index in [1.54, 1.807) is 0 Å². The molecule has 1 fully saturated rings. The van der Waals surface area contributed by atoms with Crippen molar-refractivity contribution in [1.82, 2.24) is 0 Å². The van der Waals surface area contributed by atoms with Crippen molar-refractivity contribution in [2.75, 3.05) is 0 Å². The fourth-order valence-corrected chi connectivity index (χ4v) is 4.33. The van der Waals surface area contributed by atoms with Crippen LogP contribution in [0.15, 0.2) is 42.5 Å². The summed E-state index contributed by atoms with van der Waals surface area (Å²) in [6.07, 6.45) is 6.68. The normalized spacial score (nSPS) is 26.8. The number of benzene rings is 2. The highest BCUT2D eigenvalue weighted by molar-refractivity contribution is 9.09. The van der Waals surface area contributed by atoms with Gasteiger partial charge in [-0.15, -0.1) is 0 Å². The topological polar surface area (TPSA) is 0 Å². The summed E-state index contributed by atoms with van der Waals surface area (Å²) in [4.78, 5) is 0.698. The van der Waals surface area contributed by atoms with Gasteiger partial charge in [-0.2, -0.15) is 0 Å². The lowest BCUT2D eigenvalue weighted by molar-refractivity contribution is 0.271. The largest absolute Gasteiger partial charge is 0.0888 e. The third kappa shape index (κ3) is 2.93. The van der Waals surface area contributed by atoms with Crippen molar-refractivity contribution < 1.29 is 0 Å². The molecule has 1 heteroatoms. The van der Waals surface area contributed by atoms with Crippen LogP contribution in [0.4, 0.5) is 0 Å². The van der Waals surface area contributed by atoms with Gasteiger partial charge in [0.25, 0.3) is 0 Å². The maximum atomic E-state index is 3.93. The second-order valence-corrected chi connectivity index (χ2v) is 7.38. The molecule has 3 rings (SSSR count). The Kier molecular flexibility index (Phi) is 4.45. The van der Waals surface area contributed by atoms with Gasteiger partial charge in [0.2, 0.25) is 0 Å². The molecule has 2 aromatic carbocycles. The van der Waals surface area contributed by atoms with Crippen molar-refractivity contribution in [3.63, 3.8) is 0 Å². The van der Waals surface area contributed by atoms with Gasteiger partial charge in [0.1, 0.15) is 0 Å². The first-order valence-electron chi connectivity index (χ1n) is 7.88. The molecule has 0 N–H and O–H groups in total. The Morgan fingerprint density at radius 3 is 2.70 bits per heavy atom. The van der Waals surface area contributed by atoms with Gasteiger partial charge in [-0.05, 0) is 53.9 Å². The van der Waals surface area contributed by atoms with E-state index in [9.17, 15) is 0 Å². The molecule has 0 bridgehead atoms. The predicted molar refractivity (Wildman–Crippen MR) is 91.5 cm³/mol. The Labute approximate surface area is 130 Å². The molecule has 0 aliphatic heterocycles. The SMILES string of the molecule is CCC1CCC(Br)C(Cc2cccc3ccccc23)C1. The second kappa shape index (κ2) is 6.30. The van der Waals surface area contributed by atoms with Gasteiger partial charge in [-0.25, -0.2) is 0 Å². The first-order chi connectivity index (χ1) is 9.78. The number of rotatable bonds is 3. The van der Waals surface area contributed by atoms with Crippen LogP contribution in [-0.2, 0) is 6.42 Å². The number of alkyl halides is 1. The van der Waals surface area contributed by atoms with Crippen LogP contribution in [0.1, 0.15) is 38.2 Å². The molecule has 0 aromatic heterocycles. The minimum absolute atomic E-state index is 0.698. The number of hydrogen-bond donors (Lipinski definition) is 0. The van der Waals surface area contributed by atoms with Gasteiger partial charge in [-0.1, -0.05) is 71.7 Å². The fraction of sp³-hybridized carbons (Fsp3) is 0.474. The van der Waals surface area contributed by atoms with E-state index >= 15 is 0 Å². The molecule has 3 atom stereocenters. The van der Waals surface area contributed by atoms with Crippen molar-refractivity contribution >= 4 is 26.7 Å². The van der Waals surface area contributed by atoms with Gasteiger partial charge in [0.15, 0.2) is 0 Å². The standard InChI is InChI=1S/C19H23Br/c1-2-14-10-11-19(20)17(12-14)13-16-8-5-7-15-6-3-4-9-18(15)16/h3-9,14,17,19H,2,10-13H2,1H3. The van der Waals surface area contributed by atoms with Gasteiger partial charge in [0.05, 0.1) is 0 Å². The summed E-state index contributed by atoms with van der Waals surface area (Å²) in [5, 5.41) is 2.81. The summed E-state index contributed by atoms with van der Waals surface area (Å²) in [6.45, 7) is 2.34. The summed E-state index contributed by atoms with van der Waals surface area (Å²) in [5.74, 6) is 1.73. The molecule has 106 valence electrons. The van der Waals surface area contributed by atoms with E-state index in [4.69, 9.17) is 0 Å². The second-order valence-electron chi connectivity index (χ2n) is 6.21. The minimum atomic E-state index is 0.698. The first kappa shape index (κ1) is 14.1. The number of halogens is 1. The van der Waals surface area contributed by atoms with E-state index in [1.807, 2.05) is 0 Å². The summed E-state index contributed by atoms with van der Waals surface area (Å²) < 4.78 is 0. The zero-order valence-electron chi connectivity index (χ0n) is 12.2. The molecule has 3 unspecified atom stereocenters. The highest BCUT2D eigenvalue weighted by Crippen LogP contribution is 2.38. The smallest absolute Gasteiger partial charge is 0.0177 e. The first-order valence-corrected chi connectivity index (χ1v) is 8.80. The van der Waals surface area contributed by atoms with Gasteiger partial charge >= 0.3 is 0 Å². The molecule has 0 amide bonds. The Bertz CT molecular complexity index is 569. The average Bonchev–Trinajstić information content (AvgIpc) is 2.50. The van der Waals surface area contributed by atoms with Crippen molar-refractivity contribution in [1.29, 1.82) is 0 Å². The van der Waals surface area contributed by atoms with E-state index in [1.165, 1.54) is 48.4 Å². The van der Waals surface area contributed by atoms with Crippen LogP contribution >= 0.6 is 15.9 Å². The zero-order valence-corrected chi connectivity index (χ0v) is 13.8. The van der Waals surface area contributed by atoms with Crippen molar-refractivity contribution in [3.05, 3.63) is 48.0 Å². The molecule has 0 heterocycles. The predicted octanol–water partition coefficient (Wildman–Crippen LogP) is 5.97. The van der Waals surface area contributed by atoms with E-state index in [-0.39, 0.29) is 0 Å². The Morgan fingerprint density at radius 2 is 1.85 bits per heavy atom. The Morgan fingerprint density at radius 1 is 1.05 bits per heavy atom. The van der Waals surface area contributed by atoms with E-state index < -0.39 is 0 Å². The summed E-state index contributed by atoms with van der Waals surface area (Å²) >= 11 is 3.93.